The Morgan fingerprint density at radius 2 is 2.27 bits per heavy atom. The van der Waals surface area contributed by atoms with Crippen molar-refractivity contribution in [2.45, 2.75) is 13.5 Å². The van der Waals surface area contributed by atoms with Crippen LogP contribution in [-0.4, -0.2) is 40.8 Å². The second-order valence-corrected chi connectivity index (χ2v) is 3.86. The average molecular weight is 207 g/mol. The van der Waals surface area contributed by atoms with E-state index in [-0.39, 0.29) is 0 Å². The SMILES string of the molecule is Cc1c(CNC2=NCCN2C)cnn1C. The molecule has 0 radical (unpaired) electrons. The number of hydrogen-bond acceptors (Lipinski definition) is 4. The lowest BCUT2D eigenvalue weighted by Gasteiger charge is -2.14. The molecule has 1 N–H and O–H groups in total. The van der Waals surface area contributed by atoms with Gasteiger partial charge in [-0.1, -0.05) is 0 Å². The molecule has 5 nitrogen and oxygen atoms in total. The summed E-state index contributed by atoms with van der Waals surface area (Å²) < 4.78 is 1.89. The maximum absolute atomic E-state index is 4.37. The summed E-state index contributed by atoms with van der Waals surface area (Å²) >= 11 is 0. The third-order valence-corrected chi connectivity index (χ3v) is 2.83. The Balaban J connectivity index is 1.96. The van der Waals surface area contributed by atoms with Crippen LogP contribution in [0.5, 0.6) is 0 Å². The molecule has 0 amide bonds. The van der Waals surface area contributed by atoms with Crippen LogP contribution in [-0.2, 0) is 13.6 Å². The lowest BCUT2D eigenvalue weighted by Crippen LogP contribution is -2.35. The number of aryl methyl sites for hydroxylation is 1. The second-order valence-electron chi connectivity index (χ2n) is 3.86. The van der Waals surface area contributed by atoms with Crippen LogP contribution in [0.3, 0.4) is 0 Å². The van der Waals surface area contributed by atoms with Crippen molar-refractivity contribution < 1.29 is 0 Å². The average Bonchev–Trinajstić information content (AvgIpc) is 2.74. The summed E-state index contributed by atoms with van der Waals surface area (Å²) in [5.41, 5.74) is 2.42. The molecule has 0 fully saturated rings. The first kappa shape index (κ1) is 10.0. The number of aliphatic imine (C=N–C) groups is 1. The van der Waals surface area contributed by atoms with E-state index in [9.17, 15) is 0 Å². The largest absolute Gasteiger partial charge is 0.352 e. The van der Waals surface area contributed by atoms with Gasteiger partial charge in [0.05, 0.1) is 12.7 Å². The third-order valence-electron chi connectivity index (χ3n) is 2.83. The molecular weight excluding hydrogens is 190 g/mol. The van der Waals surface area contributed by atoms with Crippen molar-refractivity contribution in [2.24, 2.45) is 12.0 Å². The van der Waals surface area contributed by atoms with Crippen molar-refractivity contribution in [3.8, 4) is 0 Å². The normalized spacial score (nSPS) is 15.7. The maximum Gasteiger partial charge on any atom is 0.194 e. The van der Waals surface area contributed by atoms with E-state index < -0.39 is 0 Å². The number of nitrogens with zero attached hydrogens (tertiary/aromatic N) is 4. The summed E-state index contributed by atoms with van der Waals surface area (Å²) in [5, 5.41) is 7.53. The molecule has 0 saturated carbocycles. The fourth-order valence-corrected chi connectivity index (χ4v) is 1.62. The Labute approximate surface area is 89.8 Å². The Bertz CT molecular complexity index is 379. The molecule has 2 heterocycles. The highest BCUT2D eigenvalue weighted by Gasteiger charge is 2.12. The smallest absolute Gasteiger partial charge is 0.194 e. The molecular formula is C10H17N5. The van der Waals surface area contributed by atoms with E-state index in [0.717, 1.165) is 25.6 Å². The van der Waals surface area contributed by atoms with E-state index >= 15 is 0 Å². The first-order valence-electron chi connectivity index (χ1n) is 5.15. The molecule has 1 aliphatic heterocycles. The lowest BCUT2D eigenvalue weighted by molar-refractivity contribution is 0.534. The van der Waals surface area contributed by atoms with Crippen LogP contribution in [0.1, 0.15) is 11.3 Å². The van der Waals surface area contributed by atoms with Crippen LogP contribution >= 0.6 is 0 Å². The molecule has 1 aromatic heterocycles. The monoisotopic (exact) mass is 207 g/mol. The van der Waals surface area contributed by atoms with Gasteiger partial charge in [-0.3, -0.25) is 9.67 Å². The predicted molar refractivity (Wildman–Crippen MR) is 59.7 cm³/mol. The van der Waals surface area contributed by atoms with Gasteiger partial charge in [-0.05, 0) is 6.92 Å². The minimum Gasteiger partial charge on any atom is -0.352 e. The van der Waals surface area contributed by atoms with Crippen LogP contribution in [0, 0.1) is 6.92 Å². The molecule has 1 aliphatic rings. The molecule has 0 aromatic carbocycles. The number of guanidine groups is 1. The van der Waals surface area contributed by atoms with Gasteiger partial charge in [-0.15, -0.1) is 0 Å². The first-order valence-corrected chi connectivity index (χ1v) is 5.15. The zero-order chi connectivity index (χ0) is 10.8. The van der Waals surface area contributed by atoms with Gasteiger partial charge in [0.15, 0.2) is 5.96 Å². The predicted octanol–water partition coefficient (Wildman–Crippen LogP) is 0.120. The zero-order valence-corrected chi connectivity index (χ0v) is 9.49. The Hall–Kier alpha value is -1.52. The van der Waals surface area contributed by atoms with Gasteiger partial charge in [0.1, 0.15) is 0 Å². The molecule has 0 spiro atoms. The Morgan fingerprint density at radius 1 is 1.47 bits per heavy atom. The van der Waals surface area contributed by atoms with Crippen molar-refractivity contribution in [3.63, 3.8) is 0 Å². The van der Waals surface area contributed by atoms with Crippen LogP contribution in [0.4, 0.5) is 0 Å². The number of aromatic nitrogens is 2. The minimum atomic E-state index is 0.794. The van der Waals surface area contributed by atoms with Crippen LogP contribution in [0.25, 0.3) is 0 Å². The van der Waals surface area contributed by atoms with Crippen molar-refractivity contribution in [3.05, 3.63) is 17.5 Å². The van der Waals surface area contributed by atoms with Crippen molar-refractivity contribution in [2.75, 3.05) is 20.1 Å². The lowest BCUT2D eigenvalue weighted by atomic mass is 10.2. The summed E-state index contributed by atoms with van der Waals surface area (Å²) in [7, 11) is 4.01. The highest BCUT2D eigenvalue weighted by Crippen LogP contribution is 2.05. The van der Waals surface area contributed by atoms with E-state index in [1.54, 1.807) is 0 Å². The minimum absolute atomic E-state index is 0.794. The van der Waals surface area contributed by atoms with Gasteiger partial charge in [-0.2, -0.15) is 5.10 Å². The molecule has 1 aromatic rings. The van der Waals surface area contributed by atoms with Gasteiger partial charge in [0.2, 0.25) is 0 Å². The summed E-state index contributed by atoms with van der Waals surface area (Å²) in [6.45, 7) is 4.77. The standard InChI is InChI=1S/C10H17N5/c1-8-9(7-13-15(8)3)6-12-10-11-4-5-14(10)2/h7H,4-6H2,1-3H3,(H,11,12). The molecule has 0 unspecified atom stereocenters. The van der Waals surface area contributed by atoms with E-state index in [1.807, 2.05) is 17.9 Å². The van der Waals surface area contributed by atoms with Gasteiger partial charge < -0.3 is 10.2 Å². The number of rotatable bonds is 2. The van der Waals surface area contributed by atoms with E-state index in [4.69, 9.17) is 0 Å². The van der Waals surface area contributed by atoms with Crippen molar-refractivity contribution in [1.82, 2.24) is 20.0 Å². The topological polar surface area (TPSA) is 45.5 Å². The molecule has 82 valence electrons. The quantitative estimate of drug-likeness (QED) is 0.749. The first-order chi connectivity index (χ1) is 7.18. The van der Waals surface area contributed by atoms with Crippen LogP contribution in [0.2, 0.25) is 0 Å². The highest BCUT2D eigenvalue weighted by molar-refractivity contribution is 5.81. The summed E-state index contributed by atoms with van der Waals surface area (Å²) in [6.07, 6.45) is 1.90. The molecule has 0 aliphatic carbocycles. The fourth-order valence-electron chi connectivity index (χ4n) is 1.62. The van der Waals surface area contributed by atoms with E-state index in [0.29, 0.717) is 0 Å². The molecule has 5 heteroatoms. The summed E-state index contributed by atoms with van der Waals surface area (Å²) in [6, 6.07) is 0. The van der Waals surface area contributed by atoms with Crippen LogP contribution < -0.4 is 5.32 Å². The van der Waals surface area contributed by atoms with Gasteiger partial charge >= 0.3 is 0 Å². The molecule has 0 atom stereocenters. The summed E-state index contributed by atoms with van der Waals surface area (Å²) in [5.74, 6) is 0.984. The van der Waals surface area contributed by atoms with Crippen molar-refractivity contribution >= 4 is 5.96 Å². The number of nitrogens with one attached hydrogen (secondary N) is 1. The van der Waals surface area contributed by atoms with Gasteiger partial charge in [0.25, 0.3) is 0 Å². The van der Waals surface area contributed by atoms with Gasteiger partial charge in [-0.25, -0.2) is 0 Å². The van der Waals surface area contributed by atoms with Crippen molar-refractivity contribution in [1.29, 1.82) is 0 Å². The third kappa shape index (κ3) is 1.95. The summed E-state index contributed by atoms with van der Waals surface area (Å²) in [4.78, 5) is 6.50. The highest BCUT2D eigenvalue weighted by atomic mass is 15.3. The molecule has 0 bridgehead atoms. The Morgan fingerprint density at radius 3 is 2.80 bits per heavy atom. The zero-order valence-electron chi connectivity index (χ0n) is 9.49. The Kier molecular flexibility index (Phi) is 2.62. The second kappa shape index (κ2) is 3.92. The molecule has 0 saturated heterocycles. The van der Waals surface area contributed by atoms with E-state index in [2.05, 4.69) is 34.3 Å². The van der Waals surface area contributed by atoms with Crippen LogP contribution in [0.15, 0.2) is 11.2 Å². The number of hydrogen-bond donors (Lipinski definition) is 1. The molecule has 2 rings (SSSR count). The van der Waals surface area contributed by atoms with E-state index in [1.165, 1.54) is 11.3 Å². The molecule has 15 heavy (non-hydrogen) atoms. The number of likely N-dealkylation sites (N-methyl/N-ethyl adjacent to an activating group) is 1. The maximum atomic E-state index is 4.37. The fraction of sp³-hybridized carbons (Fsp3) is 0.600. The van der Waals surface area contributed by atoms with Gasteiger partial charge in [0, 0.05) is 38.4 Å².